The summed E-state index contributed by atoms with van der Waals surface area (Å²) in [6.07, 6.45) is 0. The van der Waals surface area contributed by atoms with Gasteiger partial charge in [0.25, 0.3) is 0 Å². The van der Waals surface area contributed by atoms with E-state index < -0.39 is 0 Å². The molecule has 0 aliphatic carbocycles. The molecule has 0 N–H and O–H groups in total. The quantitative estimate of drug-likeness (QED) is 0.114. The molecule has 1 nitrogen and oxygen atoms in total. The molecule has 0 saturated heterocycles. The Bertz CT molecular complexity index is 3910. The molecule has 1 aliphatic rings. The highest BCUT2D eigenvalue weighted by Gasteiger charge is 2.41. The molecule has 1 aliphatic heterocycles. The van der Waals surface area contributed by atoms with Gasteiger partial charge in [-0.05, 0) is 127 Å². The summed E-state index contributed by atoms with van der Waals surface area (Å²) in [7, 11) is 0. The van der Waals surface area contributed by atoms with Crippen molar-refractivity contribution < 1.29 is 0 Å². The molecular formula is C67H48BN. The van der Waals surface area contributed by atoms with Crippen molar-refractivity contribution in [3.05, 3.63) is 253 Å². The molecule has 0 atom stereocenters. The Morgan fingerprint density at radius 3 is 1.58 bits per heavy atom. The van der Waals surface area contributed by atoms with Crippen LogP contribution < -0.4 is 21.3 Å². The monoisotopic (exact) mass is 877 g/mol. The van der Waals surface area contributed by atoms with Crippen LogP contribution in [0.3, 0.4) is 0 Å². The molecule has 12 aromatic carbocycles. The van der Waals surface area contributed by atoms with Crippen LogP contribution in [0.4, 0.5) is 17.1 Å². The van der Waals surface area contributed by atoms with Crippen molar-refractivity contribution in [2.45, 2.75) is 20.8 Å². The van der Waals surface area contributed by atoms with E-state index in [2.05, 4.69) is 262 Å². The highest BCUT2D eigenvalue weighted by molar-refractivity contribution is 6.99. The van der Waals surface area contributed by atoms with Crippen LogP contribution >= 0.6 is 0 Å². The predicted molar refractivity (Wildman–Crippen MR) is 297 cm³/mol. The second kappa shape index (κ2) is 16.4. The van der Waals surface area contributed by atoms with Gasteiger partial charge in [0.1, 0.15) is 0 Å². The van der Waals surface area contributed by atoms with Gasteiger partial charge >= 0.3 is 0 Å². The lowest BCUT2D eigenvalue weighted by atomic mass is 9.32. The lowest BCUT2D eigenvalue weighted by Crippen LogP contribution is -2.59. The first kappa shape index (κ1) is 40.8. The van der Waals surface area contributed by atoms with E-state index >= 15 is 0 Å². The van der Waals surface area contributed by atoms with Gasteiger partial charge in [-0.25, -0.2) is 0 Å². The molecule has 13 rings (SSSR count). The standard InChI is InChI=1S/C67H48BN/c1-43-40-44(2)65(45(3)41-43)68-60-32-17-18-33-61(60)69(51-27-19-26-50(42-51)46-20-7-4-8-21-46)67-59-39-38-57-55(54-30-15-13-28-52(54)47-22-9-5-10-23-47)36-34-49-35-37-58(63(59)62(49)57)64(66(67)68)56-31-16-14-29-53(56)48-24-11-6-12-25-48/h4-42H,1-3H3. The third-order valence-electron chi connectivity index (χ3n) is 14.8. The van der Waals surface area contributed by atoms with Crippen LogP contribution in [-0.4, -0.2) is 6.71 Å². The van der Waals surface area contributed by atoms with E-state index in [-0.39, 0.29) is 6.71 Å². The average molecular weight is 878 g/mol. The number of benzene rings is 12. The molecule has 0 radical (unpaired) electrons. The van der Waals surface area contributed by atoms with Gasteiger partial charge in [0.05, 0.1) is 0 Å². The van der Waals surface area contributed by atoms with Crippen molar-refractivity contribution in [3.63, 3.8) is 0 Å². The molecule has 0 spiro atoms. The minimum absolute atomic E-state index is 0.0700. The topological polar surface area (TPSA) is 3.24 Å². The zero-order valence-corrected chi connectivity index (χ0v) is 39.0. The lowest BCUT2D eigenvalue weighted by Gasteiger charge is -2.41. The number of nitrogens with zero attached hydrogens (tertiary/aromatic N) is 1. The number of aryl methyl sites for hydroxylation is 3. The molecule has 2 heteroatoms. The summed E-state index contributed by atoms with van der Waals surface area (Å²) < 4.78 is 0. The normalized spacial score (nSPS) is 12.2. The number of rotatable bonds is 7. The predicted octanol–water partition coefficient (Wildman–Crippen LogP) is 16.1. The zero-order valence-electron chi connectivity index (χ0n) is 39.0. The highest BCUT2D eigenvalue weighted by atomic mass is 15.2. The fraction of sp³-hybridized carbons (Fsp3) is 0.0448. The highest BCUT2D eigenvalue weighted by Crippen LogP contribution is 2.51. The smallest absolute Gasteiger partial charge is 0.248 e. The first-order chi connectivity index (χ1) is 34.0. The van der Waals surface area contributed by atoms with E-state index in [9.17, 15) is 0 Å². The second-order valence-electron chi connectivity index (χ2n) is 18.9. The molecule has 0 aromatic heterocycles. The van der Waals surface area contributed by atoms with Crippen molar-refractivity contribution in [2.24, 2.45) is 0 Å². The molecule has 0 bridgehead atoms. The van der Waals surface area contributed by atoms with E-state index in [0.717, 1.165) is 5.69 Å². The number of hydrogen-bond acceptors (Lipinski definition) is 1. The van der Waals surface area contributed by atoms with Crippen molar-refractivity contribution in [3.8, 4) is 55.6 Å². The largest absolute Gasteiger partial charge is 0.311 e. The summed E-state index contributed by atoms with van der Waals surface area (Å²) in [5.74, 6) is 0. The molecule has 12 aromatic rings. The van der Waals surface area contributed by atoms with Crippen molar-refractivity contribution in [2.75, 3.05) is 4.90 Å². The average Bonchev–Trinajstić information content (AvgIpc) is 3.40. The van der Waals surface area contributed by atoms with Crippen LogP contribution in [0, 0.1) is 20.8 Å². The first-order valence-corrected chi connectivity index (χ1v) is 24.2. The summed E-state index contributed by atoms with van der Waals surface area (Å²) in [4.78, 5) is 2.61. The van der Waals surface area contributed by atoms with Crippen molar-refractivity contribution in [1.29, 1.82) is 0 Å². The van der Waals surface area contributed by atoms with Gasteiger partial charge in [0, 0.05) is 27.8 Å². The number of fused-ring (bicyclic) bond motifs is 3. The summed E-state index contributed by atoms with van der Waals surface area (Å²) in [5, 5.41) is 7.60. The Morgan fingerprint density at radius 1 is 0.348 bits per heavy atom. The Hall–Kier alpha value is -8.46. The van der Waals surface area contributed by atoms with Gasteiger partial charge in [0.15, 0.2) is 0 Å². The van der Waals surface area contributed by atoms with E-state index in [4.69, 9.17) is 0 Å². The fourth-order valence-electron chi connectivity index (χ4n) is 12.0. The van der Waals surface area contributed by atoms with E-state index in [1.54, 1.807) is 0 Å². The Balaban J connectivity index is 1.23. The van der Waals surface area contributed by atoms with Crippen LogP contribution in [-0.2, 0) is 0 Å². The van der Waals surface area contributed by atoms with E-state index in [0.29, 0.717) is 0 Å². The zero-order chi connectivity index (χ0) is 46.2. The number of para-hydroxylation sites is 1. The van der Waals surface area contributed by atoms with Crippen molar-refractivity contribution in [1.82, 2.24) is 0 Å². The Kier molecular flexibility index (Phi) is 9.70. The maximum atomic E-state index is 2.61. The van der Waals surface area contributed by atoms with Crippen LogP contribution in [0.1, 0.15) is 16.7 Å². The molecule has 0 saturated carbocycles. The third-order valence-corrected chi connectivity index (χ3v) is 14.8. The van der Waals surface area contributed by atoms with E-state index in [1.807, 2.05) is 0 Å². The van der Waals surface area contributed by atoms with Crippen LogP contribution in [0.15, 0.2) is 237 Å². The molecule has 69 heavy (non-hydrogen) atoms. The summed E-state index contributed by atoms with van der Waals surface area (Å²) in [6, 6.07) is 88.3. The molecular weight excluding hydrogens is 830 g/mol. The molecule has 324 valence electrons. The molecule has 0 fully saturated rings. The minimum Gasteiger partial charge on any atom is -0.311 e. The molecule has 0 amide bonds. The summed E-state index contributed by atoms with van der Waals surface area (Å²) in [6.45, 7) is 6.81. The van der Waals surface area contributed by atoms with Gasteiger partial charge in [0.2, 0.25) is 6.71 Å². The van der Waals surface area contributed by atoms with Gasteiger partial charge in [-0.1, -0.05) is 241 Å². The Morgan fingerprint density at radius 2 is 0.884 bits per heavy atom. The Labute approximate surface area is 405 Å². The van der Waals surface area contributed by atoms with Crippen molar-refractivity contribution >= 4 is 72.5 Å². The maximum Gasteiger partial charge on any atom is 0.248 e. The molecule has 0 unspecified atom stereocenters. The lowest BCUT2D eigenvalue weighted by molar-refractivity contribution is 1.30. The van der Waals surface area contributed by atoms with Gasteiger partial charge in [-0.3, -0.25) is 0 Å². The van der Waals surface area contributed by atoms with Gasteiger partial charge in [-0.2, -0.15) is 0 Å². The van der Waals surface area contributed by atoms with Gasteiger partial charge < -0.3 is 4.90 Å². The number of hydrogen-bond donors (Lipinski definition) is 0. The summed E-state index contributed by atoms with van der Waals surface area (Å²) >= 11 is 0. The minimum atomic E-state index is -0.0700. The second-order valence-corrected chi connectivity index (χ2v) is 18.9. The van der Waals surface area contributed by atoms with Crippen LogP contribution in [0.2, 0.25) is 0 Å². The first-order valence-electron chi connectivity index (χ1n) is 24.2. The van der Waals surface area contributed by atoms with Gasteiger partial charge in [-0.15, -0.1) is 0 Å². The third kappa shape index (κ3) is 6.55. The number of anilines is 3. The van der Waals surface area contributed by atoms with Crippen LogP contribution in [0.25, 0.3) is 88.0 Å². The maximum absolute atomic E-state index is 2.61. The van der Waals surface area contributed by atoms with E-state index in [1.165, 1.54) is 132 Å². The molecule has 1 heterocycles. The van der Waals surface area contributed by atoms with Crippen LogP contribution in [0.5, 0.6) is 0 Å². The summed E-state index contributed by atoms with van der Waals surface area (Å²) in [5.41, 5.74) is 23.7. The SMILES string of the molecule is Cc1cc(C)c(B2c3ccccc3N(c3cccc(-c4ccccc4)c3)c3c2c(-c2ccccc2-c2ccccc2)c2ccc4ccc(-c5ccccc5-c5ccccc5)c5ccc3c2c45)c(C)c1. The fourth-order valence-corrected chi connectivity index (χ4v) is 12.0.